The van der Waals surface area contributed by atoms with Crippen LogP contribution in [-0.4, -0.2) is 9.78 Å². The first-order chi connectivity index (χ1) is 8.09. The molecule has 2 heteroatoms. The number of hydrogen-bond acceptors (Lipinski definition) is 1. The van der Waals surface area contributed by atoms with Crippen LogP contribution in [0.4, 0.5) is 0 Å². The van der Waals surface area contributed by atoms with Crippen LogP contribution >= 0.6 is 0 Å². The molecule has 1 heterocycles. The molecule has 2 aromatic rings. The van der Waals surface area contributed by atoms with Gasteiger partial charge in [0.15, 0.2) is 0 Å². The van der Waals surface area contributed by atoms with Crippen molar-refractivity contribution in [1.29, 1.82) is 0 Å². The molecule has 0 fully saturated rings. The zero-order valence-corrected chi connectivity index (χ0v) is 10.6. The molecule has 0 amide bonds. The van der Waals surface area contributed by atoms with Gasteiger partial charge in [-0.05, 0) is 25.0 Å². The standard InChI is InChI=1S/C15H18N2/c1-11(2)10-15-12(3)16-17(13(15)4)14-8-6-5-7-9-14/h5-11H,4H2,1-3H3. The third kappa shape index (κ3) is 2.31. The first kappa shape index (κ1) is 11.6. The molecule has 2 nitrogen and oxygen atoms in total. The van der Waals surface area contributed by atoms with Crippen molar-refractivity contribution in [2.75, 3.05) is 0 Å². The zero-order chi connectivity index (χ0) is 12.4. The molecule has 0 bridgehead atoms. The molecule has 0 saturated carbocycles. The molecule has 0 aliphatic carbocycles. The number of benzene rings is 1. The van der Waals surface area contributed by atoms with Gasteiger partial charge >= 0.3 is 0 Å². The van der Waals surface area contributed by atoms with Crippen molar-refractivity contribution < 1.29 is 0 Å². The fourth-order valence-electron chi connectivity index (χ4n) is 1.92. The number of rotatable bonds is 2. The molecule has 88 valence electrons. The van der Waals surface area contributed by atoms with Gasteiger partial charge in [0.2, 0.25) is 0 Å². The Morgan fingerprint density at radius 3 is 2.47 bits per heavy atom. The van der Waals surface area contributed by atoms with E-state index in [4.69, 9.17) is 0 Å². The maximum Gasteiger partial charge on any atom is 0.0673 e. The van der Waals surface area contributed by atoms with Gasteiger partial charge in [-0.25, -0.2) is 4.68 Å². The third-order valence-electron chi connectivity index (χ3n) is 2.71. The normalized spacial score (nSPS) is 12.4. The number of aryl methyl sites for hydroxylation is 1. The Hall–Kier alpha value is -1.83. The van der Waals surface area contributed by atoms with Gasteiger partial charge in [-0.15, -0.1) is 0 Å². The molecule has 0 N–H and O–H groups in total. The van der Waals surface area contributed by atoms with Crippen LogP contribution in [0.5, 0.6) is 0 Å². The summed E-state index contributed by atoms with van der Waals surface area (Å²) in [5, 5.41) is 6.67. The average Bonchev–Trinajstić information content (AvgIpc) is 2.58. The van der Waals surface area contributed by atoms with E-state index in [0.717, 1.165) is 21.9 Å². The van der Waals surface area contributed by atoms with E-state index in [2.05, 4.69) is 31.6 Å². The van der Waals surface area contributed by atoms with Crippen LogP contribution in [0.1, 0.15) is 19.5 Å². The summed E-state index contributed by atoms with van der Waals surface area (Å²) in [5.74, 6) is 0.502. The fourth-order valence-corrected chi connectivity index (χ4v) is 1.92. The van der Waals surface area contributed by atoms with E-state index >= 15 is 0 Å². The maximum absolute atomic E-state index is 4.56. The third-order valence-corrected chi connectivity index (χ3v) is 2.71. The number of para-hydroxylation sites is 1. The van der Waals surface area contributed by atoms with Crippen molar-refractivity contribution in [3.8, 4) is 5.69 Å². The highest BCUT2D eigenvalue weighted by atomic mass is 15.3. The van der Waals surface area contributed by atoms with E-state index in [0.29, 0.717) is 5.92 Å². The van der Waals surface area contributed by atoms with E-state index in [1.807, 2.05) is 41.9 Å². The van der Waals surface area contributed by atoms with Gasteiger partial charge in [0.1, 0.15) is 0 Å². The van der Waals surface area contributed by atoms with Crippen LogP contribution in [0.3, 0.4) is 0 Å². The first-order valence-corrected chi connectivity index (χ1v) is 5.91. The summed E-state index contributed by atoms with van der Waals surface area (Å²) in [6.07, 6.45) is 2.21. The number of aromatic nitrogens is 2. The Morgan fingerprint density at radius 1 is 1.24 bits per heavy atom. The summed E-state index contributed by atoms with van der Waals surface area (Å²) in [6, 6.07) is 10.1. The van der Waals surface area contributed by atoms with Crippen LogP contribution < -0.4 is 10.6 Å². The zero-order valence-electron chi connectivity index (χ0n) is 10.6. The SMILES string of the molecule is C=c1c(=CC(C)C)c(C)nn1-c1ccccc1. The molecule has 0 aliphatic rings. The first-order valence-electron chi connectivity index (χ1n) is 5.91. The van der Waals surface area contributed by atoms with Crippen LogP contribution in [0, 0.1) is 12.8 Å². The molecule has 17 heavy (non-hydrogen) atoms. The Kier molecular flexibility index (Phi) is 3.14. The topological polar surface area (TPSA) is 17.8 Å². The van der Waals surface area contributed by atoms with Gasteiger partial charge in [0, 0.05) is 5.22 Å². The summed E-state index contributed by atoms with van der Waals surface area (Å²) in [4.78, 5) is 0. The smallest absolute Gasteiger partial charge is 0.0673 e. The Morgan fingerprint density at radius 2 is 1.88 bits per heavy atom. The highest BCUT2D eigenvalue weighted by Crippen LogP contribution is 2.01. The van der Waals surface area contributed by atoms with Crippen molar-refractivity contribution in [2.24, 2.45) is 5.92 Å². The highest BCUT2D eigenvalue weighted by molar-refractivity contribution is 5.35. The van der Waals surface area contributed by atoms with Gasteiger partial charge in [-0.3, -0.25) is 0 Å². The lowest BCUT2D eigenvalue weighted by molar-refractivity contribution is 0.840. The Labute approximate surface area is 102 Å². The number of hydrogen-bond donors (Lipinski definition) is 0. The second-order valence-corrected chi connectivity index (χ2v) is 4.60. The molecular weight excluding hydrogens is 208 g/mol. The monoisotopic (exact) mass is 226 g/mol. The minimum absolute atomic E-state index is 0.502. The minimum Gasteiger partial charge on any atom is -0.233 e. The Bertz CT molecular complexity index is 606. The van der Waals surface area contributed by atoms with Crippen molar-refractivity contribution in [2.45, 2.75) is 20.8 Å². The van der Waals surface area contributed by atoms with E-state index in [-0.39, 0.29) is 0 Å². The van der Waals surface area contributed by atoms with Crippen LogP contribution in [0.15, 0.2) is 30.3 Å². The molecule has 0 spiro atoms. The Balaban J connectivity index is 2.65. The summed E-state index contributed by atoms with van der Waals surface area (Å²) in [7, 11) is 0. The lowest BCUT2D eigenvalue weighted by Crippen LogP contribution is -2.28. The fraction of sp³-hybridized carbons (Fsp3) is 0.267. The molecule has 0 radical (unpaired) electrons. The van der Waals surface area contributed by atoms with E-state index < -0.39 is 0 Å². The van der Waals surface area contributed by atoms with E-state index in [1.54, 1.807) is 0 Å². The largest absolute Gasteiger partial charge is 0.233 e. The summed E-state index contributed by atoms with van der Waals surface area (Å²) in [6.45, 7) is 10.5. The summed E-state index contributed by atoms with van der Waals surface area (Å²) >= 11 is 0. The summed E-state index contributed by atoms with van der Waals surface area (Å²) < 4.78 is 1.91. The van der Waals surface area contributed by atoms with Crippen molar-refractivity contribution in [3.63, 3.8) is 0 Å². The lowest BCUT2D eigenvalue weighted by Gasteiger charge is -2.00. The minimum atomic E-state index is 0.502. The molecule has 1 aromatic carbocycles. The van der Waals surface area contributed by atoms with Crippen LogP contribution in [0.25, 0.3) is 18.3 Å². The second-order valence-electron chi connectivity index (χ2n) is 4.60. The van der Waals surface area contributed by atoms with Gasteiger partial charge in [0.05, 0.1) is 16.7 Å². The molecule has 0 atom stereocenters. The van der Waals surface area contributed by atoms with Crippen molar-refractivity contribution >= 4 is 12.7 Å². The molecule has 2 rings (SSSR count). The highest BCUT2D eigenvalue weighted by Gasteiger charge is 2.03. The van der Waals surface area contributed by atoms with Gasteiger partial charge in [-0.1, -0.05) is 44.7 Å². The lowest BCUT2D eigenvalue weighted by atomic mass is 10.1. The maximum atomic E-state index is 4.56. The molecule has 0 aliphatic heterocycles. The van der Waals surface area contributed by atoms with E-state index in [1.165, 1.54) is 0 Å². The average molecular weight is 226 g/mol. The van der Waals surface area contributed by atoms with E-state index in [9.17, 15) is 0 Å². The predicted molar refractivity (Wildman–Crippen MR) is 72.4 cm³/mol. The predicted octanol–water partition coefficient (Wildman–Crippen LogP) is 2.03. The van der Waals surface area contributed by atoms with Crippen LogP contribution in [0.2, 0.25) is 0 Å². The van der Waals surface area contributed by atoms with Gasteiger partial charge < -0.3 is 0 Å². The quantitative estimate of drug-likeness (QED) is 0.766. The molecule has 1 aromatic heterocycles. The van der Waals surface area contributed by atoms with Gasteiger partial charge in [-0.2, -0.15) is 5.10 Å². The number of nitrogens with zero attached hydrogens (tertiary/aromatic N) is 2. The second kappa shape index (κ2) is 4.58. The molecular formula is C15H18N2. The van der Waals surface area contributed by atoms with Crippen molar-refractivity contribution in [1.82, 2.24) is 9.78 Å². The molecule has 0 saturated heterocycles. The van der Waals surface area contributed by atoms with Crippen LogP contribution in [-0.2, 0) is 0 Å². The summed E-state index contributed by atoms with van der Waals surface area (Å²) in [5.41, 5.74) is 2.09. The van der Waals surface area contributed by atoms with Crippen molar-refractivity contribution in [3.05, 3.63) is 46.6 Å². The molecule has 0 unspecified atom stereocenters. The van der Waals surface area contributed by atoms with Gasteiger partial charge in [0.25, 0.3) is 0 Å².